The van der Waals surface area contributed by atoms with Crippen molar-refractivity contribution in [2.75, 3.05) is 14.2 Å². The maximum atomic E-state index is 5.21. The van der Waals surface area contributed by atoms with Crippen LogP contribution >= 0.6 is 0 Å². The first kappa shape index (κ1) is 9.43. The van der Waals surface area contributed by atoms with Crippen LogP contribution in [0.4, 0.5) is 0 Å². The molecule has 0 atom stereocenters. The molecule has 1 rings (SSSR count). The monoisotopic (exact) mass is 232 g/mol. The predicted molar refractivity (Wildman–Crippen MR) is 50.8 cm³/mol. The molecular formula is C9H12O2Se. The van der Waals surface area contributed by atoms with Gasteiger partial charge in [0.25, 0.3) is 0 Å². The van der Waals surface area contributed by atoms with E-state index in [0.29, 0.717) is 15.0 Å². The maximum absolute atomic E-state index is 5.21. The molecule has 0 saturated carbocycles. The Morgan fingerprint density at radius 3 is 1.92 bits per heavy atom. The molecule has 0 amide bonds. The van der Waals surface area contributed by atoms with Gasteiger partial charge >= 0.3 is 78.6 Å². The first-order chi connectivity index (χ1) is 5.83. The van der Waals surface area contributed by atoms with Crippen LogP contribution in [0.1, 0.15) is 0 Å². The zero-order chi connectivity index (χ0) is 8.97. The van der Waals surface area contributed by atoms with E-state index in [1.165, 1.54) is 4.46 Å². The van der Waals surface area contributed by atoms with Gasteiger partial charge in [-0.2, -0.15) is 0 Å². The summed E-state index contributed by atoms with van der Waals surface area (Å²) in [7, 11) is 3.37. The first-order valence-corrected chi connectivity index (χ1v) is 6.15. The molecule has 0 spiro atoms. The van der Waals surface area contributed by atoms with E-state index in [9.17, 15) is 0 Å². The van der Waals surface area contributed by atoms with Gasteiger partial charge in [-0.1, -0.05) is 0 Å². The van der Waals surface area contributed by atoms with E-state index in [1.807, 2.05) is 18.2 Å². The fourth-order valence-electron chi connectivity index (χ4n) is 1.02. The van der Waals surface area contributed by atoms with Crippen LogP contribution in [0.25, 0.3) is 0 Å². The van der Waals surface area contributed by atoms with Crippen LogP contribution in [-0.2, 0) is 0 Å². The molecule has 1 aromatic carbocycles. The van der Waals surface area contributed by atoms with Crippen molar-refractivity contribution in [2.45, 2.75) is 5.82 Å². The van der Waals surface area contributed by atoms with Crippen molar-refractivity contribution in [2.24, 2.45) is 0 Å². The molecule has 0 unspecified atom stereocenters. The van der Waals surface area contributed by atoms with Crippen molar-refractivity contribution in [3.8, 4) is 11.5 Å². The molecule has 12 heavy (non-hydrogen) atoms. The predicted octanol–water partition coefficient (Wildman–Crippen LogP) is 1.08. The van der Waals surface area contributed by atoms with E-state index >= 15 is 0 Å². The van der Waals surface area contributed by atoms with Crippen LogP contribution < -0.4 is 13.9 Å². The van der Waals surface area contributed by atoms with Crippen molar-refractivity contribution >= 4 is 19.4 Å². The minimum absolute atomic E-state index is 0.401. The number of benzene rings is 1. The van der Waals surface area contributed by atoms with E-state index in [1.54, 1.807) is 14.2 Å². The molecule has 0 aromatic heterocycles. The molecule has 3 heteroatoms. The molecule has 0 radical (unpaired) electrons. The average molecular weight is 231 g/mol. The topological polar surface area (TPSA) is 18.5 Å². The number of hydrogen-bond acceptors (Lipinski definition) is 2. The van der Waals surface area contributed by atoms with Gasteiger partial charge < -0.3 is 0 Å². The summed E-state index contributed by atoms with van der Waals surface area (Å²) in [6.45, 7) is 0. The van der Waals surface area contributed by atoms with Gasteiger partial charge in [-0.3, -0.25) is 0 Å². The summed E-state index contributed by atoms with van der Waals surface area (Å²) >= 11 is 0.401. The fourth-order valence-corrected chi connectivity index (χ4v) is 2.50. The van der Waals surface area contributed by atoms with Crippen molar-refractivity contribution in [1.82, 2.24) is 0 Å². The quantitative estimate of drug-likeness (QED) is 0.725. The molecule has 0 aliphatic rings. The Balaban J connectivity index is 3.13. The molecular weight excluding hydrogens is 219 g/mol. The van der Waals surface area contributed by atoms with Crippen molar-refractivity contribution in [3.05, 3.63) is 18.2 Å². The Morgan fingerprint density at radius 1 is 1.08 bits per heavy atom. The second-order valence-electron chi connectivity index (χ2n) is 2.20. The molecule has 0 heterocycles. The van der Waals surface area contributed by atoms with E-state index in [0.717, 1.165) is 11.5 Å². The Hall–Kier alpha value is -0.661. The van der Waals surface area contributed by atoms with Crippen molar-refractivity contribution in [3.63, 3.8) is 0 Å². The second kappa shape index (κ2) is 4.39. The summed E-state index contributed by atoms with van der Waals surface area (Å²) in [4.78, 5) is 0. The Kier molecular flexibility index (Phi) is 3.45. The van der Waals surface area contributed by atoms with E-state index in [-0.39, 0.29) is 0 Å². The molecule has 2 nitrogen and oxygen atoms in total. The van der Waals surface area contributed by atoms with Gasteiger partial charge in [0, 0.05) is 0 Å². The van der Waals surface area contributed by atoms with Crippen LogP contribution in [-0.4, -0.2) is 29.2 Å². The number of ether oxygens (including phenoxy) is 2. The molecule has 66 valence electrons. The van der Waals surface area contributed by atoms with Gasteiger partial charge in [0.05, 0.1) is 0 Å². The van der Waals surface area contributed by atoms with Crippen LogP contribution in [0.5, 0.6) is 11.5 Å². The van der Waals surface area contributed by atoms with Gasteiger partial charge in [0.1, 0.15) is 0 Å². The van der Waals surface area contributed by atoms with E-state index < -0.39 is 0 Å². The fraction of sp³-hybridized carbons (Fsp3) is 0.333. The van der Waals surface area contributed by atoms with Gasteiger partial charge in [-0.05, 0) is 0 Å². The van der Waals surface area contributed by atoms with E-state index in [2.05, 4.69) is 5.82 Å². The summed E-state index contributed by atoms with van der Waals surface area (Å²) in [5, 5.41) is 0. The zero-order valence-corrected chi connectivity index (χ0v) is 9.17. The SMILES string of the molecule is COc1cccc(OC)c1[Se]C. The molecule has 0 fully saturated rings. The zero-order valence-electron chi connectivity index (χ0n) is 7.46. The van der Waals surface area contributed by atoms with Gasteiger partial charge in [-0.15, -0.1) is 0 Å². The standard InChI is InChI=1S/C9H12O2Se/c1-10-7-5-4-6-8(11-2)9(7)12-3/h4-6H,1-3H3. The summed E-state index contributed by atoms with van der Waals surface area (Å²) in [6.07, 6.45) is 0. The van der Waals surface area contributed by atoms with Crippen molar-refractivity contribution < 1.29 is 9.47 Å². The summed E-state index contributed by atoms with van der Waals surface area (Å²) in [5.74, 6) is 4.00. The van der Waals surface area contributed by atoms with Gasteiger partial charge in [0.15, 0.2) is 0 Å². The first-order valence-electron chi connectivity index (χ1n) is 3.58. The third-order valence-corrected chi connectivity index (χ3v) is 3.29. The summed E-state index contributed by atoms with van der Waals surface area (Å²) in [6, 6.07) is 5.86. The Morgan fingerprint density at radius 2 is 1.58 bits per heavy atom. The van der Waals surface area contributed by atoms with Crippen LogP contribution in [0, 0.1) is 0 Å². The third-order valence-electron chi connectivity index (χ3n) is 1.59. The summed E-state index contributed by atoms with van der Waals surface area (Å²) < 4.78 is 11.6. The summed E-state index contributed by atoms with van der Waals surface area (Å²) in [5.41, 5.74) is 0. The molecule has 0 saturated heterocycles. The average Bonchev–Trinajstić information content (AvgIpc) is 2.16. The van der Waals surface area contributed by atoms with Crippen LogP contribution in [0.3, 0.4) is 0 Å². The third kappa shape index (κ3) is 1.74. The minimum atomic E-state index is 0.401. The Bertz CT molecular complexity index is 238. The van der Waals surface area contributed by atoms with Crippen LogP contribution in [0.15, 0.2) is 18.2 Å². The number of rotatable bonds is 3. The van der Waals surface area contributed by atoms with E-state index in [4.69, 9.17) is 9.47 Å². The normalized spacial score (nSPS) is 9.58. The van der Waals surface area contributed by atoms with Gasteiger partial charge in [0.2, 0.25) is 0 Å². The number of hydrogen-bond donors (Lipinski definition) is 0. The van der Waals surface area contributed by atoms with Crippen molar-refractivity contribution in [1.29, 1.82) is 0 Å². The molecule has 0 bridgehead atoms. The molecule has 0 N–H and O–H groups in total. The Labute approximate surface area is 79.0 Å². The van der Waals surface area contributed by atoms with Gasteiger partial charge in [-0.25, -0.2) is 0 Å². The van der Waals surface area contributed by atoms with Crippen LogP contribution in [0.2, 0.25) is 5.82 Å². The molecule has 1 aromatic rings. The molecule has 0 aliphatic carbocycles. The second-order valence-corrected chi connectivity index (χ2v) is 3.91. The number of methoxy groups -OCH3 is 2. The molecule has 0 aliphatic heterocycles.